The second kappa shape index (κ2) is 5.32. The second-order valence-electron chi connectivity index (χ2n) is 4.10. The van der Waals surface area contributed by atoms with Gasteiger partial charge in [-0.05, 0) is 30.7 Å². The molecule has 0 aliphatic rings. The van der Waals surface area contributed by atoms with E-state index in [0.29, 0.717) is 28.5 Å². The summed E-state index contributed by atoms with van der Waals surface area (Å²) in [7, 11) is 1.54. The van der Waals surface area contributed by atoms with Gasteiger partial charge in [0.15, 0.2) is 5.75 Å². The Kier molecular flexibility index (Phi) is 3.58. The number of hydrogen-bond donors (Lipinski definition) is 1. The molecule has 96 valence electrons. The summed E-state index contributed by atoms with van der Waals surface area (Å²) in [6, 6.07) is 12.6. The van der Waals surface area contributed by atoms with E-state index in [2.05, 4.69) is 6.07 Å². The van der Waals surface area contributed by atoms with Gasteiger partial charge in [-0.3, -0.25) is 0 Å². The summed E-state index contributed by atoms with van der Waals surface area (Å²) in [4.78, 5) is 0. The monoisotopic (exact) mass is 254 g/mol. The van der Waals surface area contributed by atoms with Crippen molar-refractivity contribution in [2.75, 3.05) is 12.8 Å². The molecule has 2 rings (SSSR count). The number of aryl methyl sites for hydroxylation is 1. The van der Waals surface area contributed by atoms with Crippen LogP contribution in [0.25, 0.3) is 0 Å². The Balaban J connectivity index is 2.41. The summed E-state index contributed by atoms with van der Waals surface area (Å²) in [6.07, 6.45) is 0. The van der Waals surface area contributed by atoms with Gasteiger partial charge in [0.05, 0.1) is 24.4 Å². The average Bonchev–Trinajstić information content (AvgIpc) is 2.42. The maximum absolute atomic E-state index is 8.97. The van der Waals surface area contributed by atoms with Gasteiger partial charge in [-0.1, -0.05) is 12.1 Å². The lowest BCUT2D eigenvalue weighted by molar-refractivity contribution is 0.409. The lowest BCUT2D eigenvalue weighted by Crippen LogP contribution is -1.95. The Morgan fingerprint density at radius 1 is 1.16 bits per heavy atom. The first-order valence-corrected chi connectivity index (χ1v) is 5.76. The smallest absolute Gasteiger partial charge is 0.153 e. The molecule has 0 aromatic heterocycles. The summed E-state index contributed by atoms with van der Waals surface area (Å²) in [5.74, 6) is 1.69. The van der Waals surface area contributed by atoms with Crippen LogP contribution in [0.3, 0.4) is 0 Å². The first-order valence-electron chi connectivity index (χ1n) is 5.76. The molecule has 0 amide bonds. The molecule has 0 saturated heterocycles. The van der Waals surface area contributed by atoms with Crippen molar-refractivity contribution in [3.8, 4) is 23.3 Å². The Morgan fingerprint density at radius 3 is 2.53 bits per heavy atom. The van der Waals surface area contributed by atoms with Crippen LogP contribution < -0.4 is 15.2 Å². The minimum Gasteiger partial charge on any atom is -0.497 e. The molecule has 0 spiro atoms. The Bertz CT molecular complexity index is 625. The zero-order valence-electron chi connectivity index (χ0n) is 10.8. The SMILES string of the molecule is COc1cc(C#N)cc(Oc2c(C)cccc2N)c1. The molecule has 0 radical (unpaired) electrons. The number of para-hydroxylation sites is 1. The Hall–Kier alpha value is -2.67. The summed E-state index contributed by atoms with van der Waals surface area (Å²) >= 11 is 0. The van der Waals surface area contributed by atoms with Crippen LogP contribution in [-0.2, 0) is 0 Å². The summed E-state index contributed by atoms with van der Waals surface area (Å²) < 4.78 is 10.9. The van der Waals surface area contributed by atoms with Crippen molar-refractivity contribution in [2.45, 2.75) is 6.92 Å². The highest BCUT2D eigenvalue weighted by Gasteiger charge is 2.08. The van der Waals surface area contributed by atoms with Crippen LogP contribution in [0.5, 0.6) is 17.2 Å². The molecule has 2 aromatic rings. The highest BCUT2D eigenvalue weighted by molar-refractivity contribution is 5.58. The Morgan fingerprint density at radius 2 is 1.89 bits per heavy atom. The van der Waals surface area contributed by atoms with Gasteiger partial charge in [-0.25, -0.2) is 0 Å². The molecule has 19 heavy (non-hydrogen) atoms. The van der Waals surface area contributed by atoms with Gasteiger partial charge in [0, 0.05) is 6.07 Å². The topological polar surface area (TPSA) is 68.3 Å². The fraction of sp³-hybridized carbons (Fsp3) is 0.133. The summed E-state index contributed by atoms with van der Waals surface area (Å²) in [5.41, 5.74) is 7.85. The van der Waals surface area contributed by atoms with Crippen molar-refractivity contribution < 1.29 is 9.47 Å². The molecule has 0 atom stereocenters. The largest absolute Gasteiger partial charge is 0.497 e. The predicted molar refractivity (Wildman–Crippen MR) is 73.4 cm³/mol. The van der Waals surface area contributed by atoms with Gasteiger partial charge in [0.2, 0.25) is 0 Å². The van der Waals surface area contributed by atoms with E-state index in [9.17, 15) is 0 Å². The van der Waals surface area contributed by atoms with E-state index in [1.165, 1.54) is 0 Å². The van der Waals surface area contributed by atoms with Crippen LogP contribution in [-0.4, -0.2) is 7.11 Å². The quantitative estimate of drug-likeness (QED) is 0.854. The van der Waals surface area contributed by atoms with E-state index in [-0.39, 0.29) is 0 Å². The molecule has 0 unspecified atom stereocenters. The highest BCUT2D eigenvalue weighted by Crippen LogP contribution is 2.33. The number of benzene rings is 2. The van der Waals surface area contributed by atoms with E-state index < -0.39 is 0 Å². The van der Waals surface area contributed by atoms with Crippen molar-refractivity contribution in [1.82, 2.24) is 0 Å². The van der Waals surface area contributed by atoms with Gasteiger partial charge >= 0.3 is 0 Å². The number of nitrogen functional groups attached to an aromatic ring is 1. The van der Waals surface area contributed by atoms with Crippen LogP contribution in [0.15, 0.2) is 36.4 Å². The second-order valence-corrected chi connectivity index (χ2v) is 4.10. The lowest BCUT2D eigenvalue weighted by atomic mass is 10.2. The van der Waals surface area contributed by atoms with Crippen molar-refractivity contribution in [3.05, 3.63) is 47.5 Å². The van der Waals surface area contributed by atoms with Crippen LogP contribution in [0.4, 0.5) is 5.69 Å². The number of nitrogens with zero attached hydrogens (tertiary/aromatic N) is 1. The molecule has 0 aliphatic carbocycles. The molecule has 0 saturated carbocycles. The predicted octanol–water partition coefficient (Wildman–Crippen LogP) is 3.25. The number of hydrogen-bond acceptors (Lipinski definition) is 4. The van der Waals surface area contributed by atoms with Gasteiger partial charge in [-0.15, -0.1) is 0 Å². The van der Waals surface area contributed by atoms with Crippen LogP contribution in [0, 0.1) is 18.3 Å². The molecule has 0 aliphatic heterocycles. The third kappa shape index (κ3) is 2.78. The van der Waals surface area contributed by atoms with Crippen molar-refractivity contribution >= 4 is 5.69 Å². The molecule has 0 fully saturated rings. The van der Waals surface area contributed by atoms with Crippen molar-refractivity contribution in [2.24, 2.45) is 0 Å². The van der Waals surface area contributed by atoms with E-state index in [1.807, 2.05) is 19.1 Å². The minimum absolute atomic E-state index is 0.474. The number of ether oxygens (including phenoxy) is 2. The molecular formula is C15H14N2O2. The highest BCUT2D eigenvalue weighted by atomic mass is 16.5. The first-order chi connectivity index (χ1) is 9.13. The van der Waals surface area contributed by atoms with Gasteiger partial charge < -0.3 is 15.2 Å². The molecule has 4 heteroatoms. The van der Waals surface area contributed by atoms with Crippen molar-refractivity contribution in [3.63, 3.8) is 0 Å². The minimum atomic E-state index is 0.474. The van der Waals surface area contributed by atoms with Crippen LogP contribution in [0.2, 0.25) is 0 Å². The fourth-order valence-corrected chi connectivity index (χ4v) is 1.75. The molecule has 2 N–H and O–H groups in total. The zero-order chi connectivity index (χ0) is 13.8. The Labute approximate surface area is 112 Å². The third-order valence-electron chi connectivity index (χ3n) is 2.71. The first kappa shape index (κ1) is 12.8. The molecule has 0 bridgehead atoms. The van der Waals surface area contributed by atoms with E-state index in [1.54, 1.807) is 31.4 Å². The molecule has 0 heterocycles. The van der Waals surface area contributed by atoms with Gasteiger partial charge in [-0.2, -0.15) is 5.26 Å². The maximum Gasteiger partial charge on any atom is 0.153 e. The summed E-state index contributed by atoms with van der Waals surface area (Å²) in [5, 5.41) is 8.97. The molecular weight excluding hydrogens is 240 g/mol. The van der Waals surface area contributed by atoms with Crippen LogP contribution >= 0.6 is 0 Å². The summed E-state index contributed by atoms with van der Waals surface area (Å²) in [6.45, 7) is 1.91. The number of nitrogens with two attached hydrogens (primary N) is 1. The fourth-order valence-electron chi connectivity index (χ4n) is 1.75. The number of nitriles is 1. The average molecular weight is 254 g/mol. The third-order valence-corrected chi connectivity index (χ3v) is 2.71. The maximum atomic E-state index is 8.97. The van der Waals surface area contributed by atoms with Gasteiger partial charge in [0.25, 0.3) is 0 Å². The number of methoxy groups -OCH3 is 1. The molecule has 4 nitrogen and oxygen atoms in total. The van der Waals surface area contributed by atoms with E-state index in [0.717, 1.165) is 5.56 Å². The lowest BCUT2D eigenvalue weighted by Gasteiger charge is -2.12. The number of anilines is 1. The zero-order valence-corrected chi connectivity index (χ0v) is 10.8. The van der Waals surface area contributed by atoms with Gasteiger partial charge in [0.1, 0.15) is 11.5 Å². The van der Waals surface area contributed by atoms with E-state index in [4.69, 9.17) is 20.5 Å². The van der Waals surface area contributed by atoms with E-state index >= 15 is 0 Å². The standard InChI is InChI=1S/C15H14N2O2/c1-10-4-3-5-14(17)15(10)19-13-7-11(9-16)6-12(8-13)18-2/h3-8H,17H2,1-2H3. The normalized spacial score (nSPS) is 9.74. The number of rotatable bonds is 3. The van der Waals surface area contributed by atoms with Crippen molar-refractivity contribution in [1.29, 1.82) is 5.26 Å². The van der Waals surface area contributed by atoms with Crippen LogP contribution in [0.1, 0.15) is 11.1 Å². The molecule has 2 aromatic carbocycles.